The molecular formula is C30H39FN6O5. The van der Waals surface area contributed by atoms with Gasteiger partial charge in [0.05, 0.1) is 0 Å². The van der Waals surface area contributed by atoms with Gasteiger partial charge in [0, 0.05) is 46.2 Å². The minimum Gasteiger partial charge on any atom is -0.501 e. The van der Waals surface area contributed by atoms with E-state index in [0.717, 1.165) is 32.5 Å². The molecule has 1 saturated heterocycles. The first kappa shape index (κ1) is 29.7. The fourth-order valence-electron chi connectivity index (χ4n) is 6.84. The molecule has 42 heavy (non-hydrogen) atoms. The van der Waals surface area contributed by atoms with Gasteiger partial charge in [-0.25, -0.2) is 9.37 Å². The number of amides is 3. The molecule has 1 aliphatic carbocycles. The Hall–Kier alpha value is -3.80. The Bertz CT molecular complexity index is 1470. The Kier molecular flexibility index (Phi) is 7.86. The zero-order valence-electron chi connectivity index (χ0n) is 24.7. The van der Waals surface area contributed by atoms with E-state index in [2.05, 4.69) is 15.2 Å². The van der Waals surface area contributed by atoms with E-state index in [9.17, 15) is 28.7 Å². The quantitative estimate of drug-likeness (QED) is 0.497. The molecule has 2 N–H and O–H groups in total. The Labute approximate surface area is 244 Å². The van der Waals surface area contributed by atoms with Crippen LogP contribution in [0.4, 0.5) is 4.39 Å². The molecule has 2 bridgehead atoms. The van der Waals surface area contributed by atoms with Crippen LogP contribution in [0, 0.1) is 18.2 Å². The summed E-state index contributed by atoms with van der Waals surface area (Å²) >= 11 is 0. The molecule has 226 valence electrons. The van der Waals surface area contributed by atoms with Crippen LogP contribution >= 0.6 is 0 Å². The maximum absolute atomic E-state index is 13.8. The van der Waals surface area contributed by atoms with Crippen LogP contribution in [0.2, 0.25) is 0 Å². The summed E-state index contributed by atoms with van der Waals surface area (Å²) in [6.07, 6.45) is 4.53. The molecule has 1 aromatic heterocycles. The van der Waals surface area contributed by atoms with Crippen molar-refractivity contribution in [3.63, 3.8) is 0 Å². The van der Waals surface area contributed by atoms with Crippen molar-refractivity contribution in [2.75, 3.05) is 40.8 Å². The molecule has 6 rings (SSSR count). The lowest BCUT2D eigenvalue weighted by molar-refractivity contribution is -0.155. The predicted octanol–water partition coefficient (Wildman–Crippen LogP) is 1.74. The van der Waals surface area contributed by atoms with E-state index in [1.54, 1.807) is 20.0 Å². The third kappa shape index (κ3) is 5.16. The van der Waals surface area contributed by atoms with Gasteiger partial charge >= 0.3 is 11.8 Å². The normalized spacial score (nSPS) is 23.3. The molecule has 4 heterocycles. The van der Waals surface area contributed by atoms with Crippen LogP contribution in [-0.4, -0.2) is 87.9 Å². The Balaban J connectivity index is 1.56. The molecule has 3 amide bonds. The number of hydrogen-bond donors (Lipinski definition) is 2. The van der Waals surface area contributed by atoms with Crippen molar-refractivity contribution in [3.8, 4) is 5.75 Å². The summed E-state index contributed by atoms with van der Waals surface area (Å²) in [5.74, 6) is -3.13. The number of nitrogens with zero attached hydrogens (tertiary/aromatic N) is 5. The molecule has 3 aliphatic heterocycles. The zero-order chi connectivity index (χ0) is 30.4. The third-order valence-electron chi connectivity index (χ3n) is 9.38. The largest absolute Gasteiger partial charge is 0.501 e. The highest BCUT2D eigenvalue weighted by molar-refractivity contribution is 6.34. The van der Waals surface area contributed by atoms with Gasteiger partial charge in [-0.3, -0.25) is 23.7 Å². The first-order chi connectivity index (χ1) is 19.9. The molecule has 0 radical (unpaired) electrons. The maximum atomic E-state index is 13.8. The van der Waals surface area contributed by atoms with Gasteiger partial charge in [-0.2, -0.15) is 0 Å². The van der Waals surface area contributed by atoms with E-state index in [-0.39, 0.29) is 23.6 Å². The van der Waals surface area contributed by atoms with Crippen LogP contribution in [0.5, 0.6) is 5.75 Å². The number of aromatic nitrogens is 2. The lowest BCUT2D eigenvalue weighted by Gasteiger charge is -2.47. The van der Waals surface area contributed by atoms with Crippen LogP contribution < -0.4 is 10.9 Å². The van der Waals surface area contributed by atoms with E-state index in [0.29, 0.717) is 43.4 Å². The van der Waals surface area contributed by atoms with Gasteiger partial charge in [0.1, 0.15) is 17.2 Å². The first-order valence-electron chi connectivity index (χ1n) is 14.5. The number of nitrogens with one attached hydrogen (secondary N) is 1. The van der Waals surface area contributed by atoms with Gasteiger partial charge in [0.15, 0.2) is 5.69 Å². The molecule has 12 heteroatoms. The molecule has 4 aliphatic rings. The van der Waals surface area contributed by atoms with Crippen molar-refractivity contribution in [1.29, 1.82) is 0 Å². The summed E-state index contributed by atoms with van der Waals surface area (Å²) in [7, 11) is 4.55. The number of likely N-dealkylation sites (tertiary alicyclic amines) is 1. The van der Waals surface area contributed by atoms with E-state index in [4.69, 9.17) is 0 Å². The van der Waals surface area contributed by atoms with Gasteiger partial charge in [0.2, 0.25) is 5.75 Å². The number of fused-ring (bicyclic) bond motifs is 2. The molecule has 1 aromatic carbocycles. The zero-order valence-corrected chi connectivity index (χ0v) is 24.7. The minimum atomic E-state index is -1.12. The predicted molar refractivity (Wildman–Crippen MR) is 152 cm³/mol. The summed E-state index contributed by atoms with van der Waals surface area (Å²) in [4.78, 5) is 62.8. The number of benzene rings is 1. The van der Waals surface area contributed by atoms with E-state index >= 15 is 0 Å². The van der Waals surface area contributed by atoms with E-state index in [1.807, 2.05) is 0 Å². The maximum Gasteiger partial charge on any atom is 0.312 e. The fraction of sp³-hybridized carbons (Fsp3) is 0.567. The van der Waals surface area contributed by atoms with Crippen molar-refractivity contribution in [1.82, 2.24) is 29.6 Å². The average Bonchev–Trinajstić information content (AvgIpc) is 3.38. The second-order valence-electron chi connectivity index (χ2n) is 12.4. The van der Waals surface area contributed by atoms with Gasteiger partial charge < -0.3 is 25.1 Å². The number of halogens is 1. The molecular weight excluding hydrogens is 543 g/mol. The molecule has 0 unspecified atom stereocenters. The van der Waals surface area contributed by atoms with Crippen molar-refractivity contribution in [2.45, 2.75) is 64.1 Å². The topological polar surface area (TPSA) is 128 Å². The second-order valence-corrected chi connectivity index (χ2v) is 12.4. The summed E-state index contributed by atoms with van der Waals surface area (Å²) < 4.78 is 15.1. The molecule has 1 saturated carbocycles. The number of rotatable bonds is 6. The first-order valence-corrected chi connectivity index (χ1v) is 14.5. The molecule has 11 nitrogen and oxygen atoms in total. The number of carbonyl (C=O) groups excluding carboxylic acids is 3. The number of aromatic hydroxyl groups is 1. The highest BCUT2D eigenvalue weighted by Crippen LogP contribution is 2.52. The van der Waals surface area contributed by atoms with Crippen molar-refractivity contribution in [3.05, 3.63) is 57.0 Å². The minimum absolute atomic E-state index is 0.0271. The lowest BCUT2D eigenvalue weighted by Crippen LogP contribution is -2.55. The number of likely N-dealkylation sites (N-methyl/N-ethyl adjacent to an activating group) is 2. The SMILES string of the molecule is Cc1cc(CNC(=O)c2nc3n(c(=O)c2O)CC2(CN4CCCC4)CCC3(N(C)C(=O)C(=O)N(C)C)CC2)ccc1F. The highest BCUT2D eigenvalue weighted by Gasteiger charge is 2.55. The number of hydrogen-bond acceptors (Lipinski definition) is 7. The van der Waals surface area contributed by atoms with Crippen LogP contribution in [0.1, 0.15) is 66.0 Å². The standard InChI is InChI=1S/C30H39FN6O5/c1-19-15-20(7-8-21(19)31)16-32-24(39)22-23(38)25(40)37-18-29(17-36-13-5-6-14-36)9-11-30(12-10-29,28(37)33-22)35(4)27(42)26(41)34(2)3/h7-8,15,38H,5-6,9-14,16-18H2,1-4H3,(H,32,39). The van der Waals surface area contributed by atoms with Crippen molar-refractivity contribution < 1.29 is 23.9 Å². The van der Waals surface area contributed by atoms with E-state index < -0.39 is 40.3 Å². The number of carbonyl (C=O) groups is 3. The summed E-state index contributed by atoms with van der Waals surface area (Å²) in [5, 5.41) is 13.7. The Morgan fingerprint density at radius 2 is 1.74 bits per heavy atom. The third-order valence-corrected chi connectivity index (χ3v) is 9.38. The monoisotopic (exact) mass is 582 g/mol. The smallest absolute Gasteiger partial charge is 0.312 e. The Morgan fingerprint density at radius 1 is 1.07 bits per heavy atom. The van der Waals surface area contributed by atoms with Crippen LogP contribution in [0.3, 0.4) is 0 Å². The molecule has 2 aromatic rings. The van der Waals surface area contributed by atoms with E-state index in [1.165, 1.54) is 40.6 Å². The van der Waals surface area contributed by atoms with Gasteiger partial charge in [-0.1, -0.05) is 12.1 Å². The van der Waals surface area contributed by atoms with Crippen LogP contribution in [0.25, 0.3) is 0 Å². The fourth-order valence-corrected chi connectivity index (χ4v) is 6.84. The average molecular weight is 583 g/mol. The lowest BCUT2D eigenvalue weighted by atomic mass is 9.67. The second kappa shape index (κ2) is 11.1. The summed E-state index contributed by atoms with van der Waals surface area (Å²) in [6.45, 7) is 4.69. The van der Waals surface area contributed by atoms with Crippen molar-refractivity contribution in [2.24, 2.45) is 5.41 Å². The van der Waals surface area contributed by atoms with Gasteiger partial charge in [0.25, 0.3) is 11.5 Å². The summed E-state index contributed by atoms with van der Waals surface area (Å²) in [5.41, 5.74) is -1.53. The molecule has 0 spiro atoms. The molecule has 0 atom stereocenters. The summed E-state index contributed by atoms with van der Waals surface area (Å²) in [6, 6.07) is 4.45. The van der Waals surface area contributed by atoms with Gasteiger partial charge in [-0.05, 0) is 75.7 Å². The number of aryl methyl sites for hydroxylation is 1. The van der Waals surface area contributed by atoms with Gasteiger partial charge in [-0.15, -0.1) is 0 Å². The van der Waals surface area contributed by atoms with Crippen LogP contribution in [-0.2, 0) is 28.2 Å². The Morgan fingerprint density at radius 3 is 2.36 bits per heavy atom. The molecule has 2 fully saturated rings. The van der Waals surface area contributed by atoms with Crippen LogP contribution in [0.15, 0.2) is 23.0 Å². The highest BCUT2D eigenvalue weighted by atomic mass is 19.1. The van der Waals surface area contributed by atoms with Crippen molar-refractivity contribution >= 4 is 17.7 Å².